The van der Waals surface area contributed by atoms with Gasteiger partial charge in [0.1, 0.15) is 13.2 Å². The Hall–Kier alpha value is -4.71. The smallest absolute Gasteiger partial charge is 0.306 e. The van der Waals surface area contributed by atoms with Crippen molar-refractivity contribution in [2.75, 3.05) is 13.2 Å². The van der Waals surface area contributed by atoms with Gasteiger partial charge in [-0.25, -0.2) is 0 Å². The van der Waals surface area contributed by atoms with Crippen LogP contribution in [0, 0.1) is 0 Å². The molecule has 0 radical (unpaired) electrons. The van der Waals surface area contributed by atoms with Crippen LogP contribution in [0.1, 0.15) is 226 Å². The summed E-state index contributed by atoms with van der Waals surface area (Å²) in [6.45, 7) is 6.36. The summed E-state index contributed by atoms with van der Waals surface area (Å²) in [5.74, 6) is -1.04. The first-order valence-electron chi connectivity index (χ1n) is 28.3. The van der Waals surface area contributed by atoms with Gasteiger partial charge < -0.3 is 14.2 Å². The van der Waals surface area contributed by atoms with Gasteiger partial charge in [-0.1, -0.05) is 205 Å². The number of hydrogen-bond donors (Lipinski definition) is 0. The summed E-state index contributed by atoms with van der Waals surface area (Å²) in [6.07, 6.45) is 82.6. The summed E-state index contributed by atoms with van der Waals surface area (Å²) < 4.78 is 16.8. The van der Waals surface area contributed by atoms with Crippen LogP contribution in [-0.2, 0) is 28.6 Å². The predicted molar refractivity (Wildman–Crippen MR) is 306 cm³/mol. The van der Waals surface area contributed by atoms with E-state index in [9.17, 15) is 14.4 Å². The lowest BCUT2D eigenvalue weighted by molar-refractivity contribution is -0.167. The third-order valence-electron chi connectivity index (χ3n) is 11.3. The highest BCUT2D eigenvalue weighted by Crippen LogP contribution is 2.11. The second-order valence-corrected chi connectivity index (χ2v) is 18.1. The minimum atomic E-state index is -0.833. The molecule has 6 heteroatoms. The van der Waals surface area contributed by atoms with Gasteiger partial charge in [0.2, 0.25) is 0 Å². The van der Waals surface area contributed by atoms with Crippen LogP contribution in [0.3, 0.4) is 0 Å². The largest absolute Gasteiger partial charge is 0.462 e. The number of carbonyl (C=O) groups is 3. The fraction of sp³-hybridized carbons (Fsp3) is 0.585. The van der Waals surface area contributed by atoms with Crippen molar-refractivity contribution in [3.05, 3.63) is 146 Å². The molecule has 0 aromatic carbocycles. The SMILES string of the molecule is CC/C=C\C/C=C\C/C=C\C/C=C\CCCCC(=O)OC[C@H](COC(=O)CCCCC/C=C\C/C=C\C/C=C\C/C=C\CCCCC)OC(=O)CCCCC/C=C\C/C=C\C/C=C\C/C=C\CCCCC. The lowest BCUT2D eigenvalue weighted by atomic mass is 10.1. The third-order valence-corrected chi connectivity index (χ3v) is 11.3. The zero-order chi connectivity index (χ0) is 51.4. The average Bonchev–Trinajstić information content (AvgIpc) is 3.37. The molecule has 0 aliphatic rings. The van der Waals surface area contributed by atoms with Gasteiger partial charge in [-0.3, -0.25) is 14.4 Å². The van der Waals surface area contributed by atoms with Crippen LogP contribution in [0.4, 0.5) is 0 Å². The van der Waals surface area contributed by atoms with Crippen molar-refractivity contribution in [2.45, 2.75) is 232 Å². The van der Waals surface area contributed by atoms with Crippen LogP contribution >= 0.6 is 0 Å². The molecule has 0 bridgehead atoms. The van der Waals surface area contributed by atoms with Crippen molar-refractivity contribution >= 4 is 17.9 Å². The first-order valence-corrected chi connectivity index (χ1v) is 28.3. The Kier molecular flexibility index (Phi) is 54.0. The average molecular weight is 980 g/mol. The summed E-state index contributed by atoms with van der Waals surface area (Å²) in [5.41, 5.74) is 0. The highest BCUT2D eigenvalue weighted by atomic mass is 16.6. The number of carbonyl (C=O) groups excluding carboxylic acids is 3. The monoisotopic (exact) mass is 979 g/mol. The van der Waals surface area contributed by atoms with Crippen LogP contribution in [-0.4, -0.2) is 37.2 Å². The van der Waals surface area contributed by atoms with E-state index in [0.717, 1.165) is 122 Å². The van der Waals surface area contributed by atoms with Crippen LogP contribution in [0.2, 0.25) is 0 Å². The third kappa shape index (κ3) is 56.1. The second kappa shape index (κ2) is 57.9. The number of hydrogen-bond acceptors (Lipinski definition) is 6. The maximum Gasteiger partial charge on any atom is 0.306 e. The normalized spacial score (nSPS) is 13.2. The Balaban J connectivity index is 4.60. The number of unbranched alkanes of at least 4 members (excludes halogenated alkanes) is 14. The first kappa shape index (κ1) is 66.3. The van der Waals surface area contributed by atoms with Gasteiger partial charge in [0, 0.05) is 19.3 Å². The summed E-state index contributed by atoms with van der Waals surface area (Å²) in [7, 11) is 0. The van der Waals surface area contributed by atoms with Crippen LogP contribution < -0.4 is 0 Å². The van der Waals surface area contributed by atoms with Gasteiger partial charge in [0.15, 0.2) is 6.10 Å². The van der Waals surface area contributed by atoms with E-state index in [1.807, 2.05) is 0 Å². The van der Waals surface area contributed by atoms with E-state index in [4.69, 9.17) is 14.2 Å². The fourth-order valence-corrected chi connectivity index (χ4v) is 7.04. The molecule has 0 heterocycles. The summed E-state index contributed by atoms with van der Waals surface area (Å²) in [4.78, 5) is 38.1. The van der Waals surface area contributed by atoms with E-state index >= 15 is 0 Å². The molecule has 0 rings (SSSR count). The topological polar surface area (TPSA) is 78.9 Å². The van der Waals surface area contributed by atoms with Gasteiger partial charge in [-0.15, -0.1) is 0 Å². The molecule has 1 atom stereocenters. The van der Waals surface area contributed by atoms with Crippen LogP contribution in [0.25, 0.3) is 0 Å². The molecule has 0 saturated carbocycles. The Bertz CT molecular complexity index is 1590. The molecule has 0 fully saturated rings. The van der Waals surface area contributed by atoms with Gasteiger partial charge in [0.25, 0.3) is 0 Å². The quantitative estimate of drug-likeness (QED) is 0.0262. The first-order chi connectivity index (χ1) is 35.0. The maximum atomic E-state index is 12.9. The lowest BCUT2D eigenvalue weighted by Gasteiger charge is -2.18. The summed E-state index contributed by atoms with van der Waals surface area (Å²) in [6, 6.07) is 0. The molecule has 0 spiro atoms. The minimum Gasteiger partial charge on any atom is -0.462 e. The zero-order valence-corrected chi connectivity index (χ0v) is 45.4. The number of allylic oxidation sites excluding steroid dienone is 24. The van der Waals surface area contributed by atoms with E-state index in [1.54, 1.807) is 0 Å². The molecule has 71 heavy (non-hydrogen) atoms. The molecule has 0 aliphatic carbocycles. The highest BCUT2D eigenvalue weighted by molar-refractivity contribution is 5.71. The molecular formula is C65H102O6. The molecule has 0 aliphatic heterocycles. The molecule has 0 N–H and O–H groups in total. The fourth-order valence-electron chi connectivity index (χ4n) is 7.04. The molecule has 398 valence electrons. The van der Waals surface area contributed by atoms with E-state index in [-0.39, 0.29) is 44.0 Å². The van der Waals surface area contributed by atoms with E-state index in [0.29, 0.717) is 19.3 Å². The zero-order valence-electron chi connectivity index (χ0n) is 45.4. The van der Waals surface area contributed by atoms with Crippen molar-refractivity contribution in [3.8, 4) is 0 Å². The van der Waals surface area contributed by atoms with Crippen molar-refractivity contribution in [1.82, 2.24) is 0 Å². The summed E-state index contributed by atoms with van der Waals surface area (Å²) in [5, 5.41) is 0. The van der Waals surface area contributed by atoms with Gasteiger partial charge in [-0.2, -0.15) is 0 Å². The van der Waals surface area contributed by atoms with Crippen molar-refractivity contribution in [3.63, 3.8) is 0 Å². The van der Waals surface area contributed by atoms with Crippen molar-refractivity contribution in [2.24, 2.45) is 0 Å². The number of ether oxygens (including phenoxy) is 3. The second-order valence-electron chi connectivity index (χ2n) is 18.1. The van der Waals surface area contributed by atoms with E-state index < -0.39 is 6.10 Å². The summed E-state index contributed by atoms with van der Waals surface area (Å²) >= 11 is 0. The Morgan fingerprint density at radius 1 is 0.296 bits per heavy atom. The molecule has 0 aromatic heterocycles. The van der Waals surface area contributed by atoms with Gasteiger partial charge in [0.05, 0.1) is 0 Å². The maximum absolute atomic E-state index is 12.9. The van der Waals surface area contributed by atoms with E-state index in [2.05, 4.69) is 167 Å². The Morgan fingerprint density at radius 3 is 0.859 bits per heavy atom. The van der Waals surface area contributed by atoms with Gasteiger partial charge in [-0.05, 0) is 148 Å². The molecule has 0 amide bonds. The highest BCUT2D eigenvalue weighted by Gasteiger charge is 2.19. The molecular weight excluding hydrogens is 877 g/mol. The standard InChI is InChI=1S/C65H102O6/c1-4-7-10-13-16-19-22-25-28-30-32-34-37-40-43-46-49-52-55-58-64(67)70-61-62(60-69-63(66)57-54-51-48-45-42-39-36-27-24-21-18-15-12-9-6-3)71-65(68)59-56-53-50-47-44-41-38-35-33-31-29-26-23-20-17-14-11-8-5-2/h9,12,16-21,25-29,32-36,40-45,62H,4-8,10-11,13-15,22-24,30-31,37-39,46-61H2,1-3H3/b12-9-,19-16-,20-17-,21-18-,28-25-,29-26-,34-32-,35-33-,36-27-,43-40-,44-41-,45-42-/t62-/m1/s1. The lowest BCUT2D eigenvalue weighted by Crippen LogP contribution is -2.30. The molecule has 0 unspecified atom stereocenters. The molecule has 0 saturated heterocycles. The minimum absolute atomic E-state index is 0.127. The Labute approximate surface area is 436 Å². The predicted octanol–water partition coefficient (Wildman–Crippen LogP) is 19.2. The van der Waals surface area contributed by atoms with Gasteiger partial charge >= 0.3 is 17.9 Å². The van der Waals surface area contributed by atoms with Crippen LogP contribution in [0.5, 0.6) is 0 Å². The van der Waals surface area contributed by atoms with Crippen LogP contribution in [0.15, 0.2) is 146 Å². The van der Waals surface area contributed by atoms with Crippen molar-refractivity contribution in [1.29, 1.82) is 0 Å². The number of rotatable bonds is 49. The Morgan fingerprint density at radius 2 is 0.549 bits per heavy atom. The van der Waals surface area contributed by atoms with Crippen molar-refractivity contribution < 1.29 is 28.6 Å². The van der Waals surface area contributed by atoms with E-state index in [1.165, 1.54) is 51.4 Å². The molecule has 0 aromatic rings. The molecule has 6 nitrogen and oxygen atoms in total. The number of esters is 3.